The lowest BCUT2D eigenvalue weighted by Crippen LogP contribution is -1.75. The van der Waals surface area contributed by atoms with E-state index in [-0.39, 0.29) is 0 Å². The third kappa shape index (κ3) is 1.34. The molecule has 2 heterocycles. The number of fused-ring (bicyclic) bond motifs is 3. The highest BCUT2D eigenvalue weighted by molar-refractivity contribution is 7.26. The smallest absolute Gasteiger partial charge is 0.146 e. The molecule has 16 heavy (non-hydrogen) atoms. The second-order valence-electron chi connectivity index (χ2n) is 3.63. The minimum Gasteiger partial charge on any atom is -0.243 e. The van der Waals surface area contributed by atoms with Crippen LogP contribution in [0.15, 0.2) is 24.4 Å². The van der Waals surface area contributed by atoms with Gasteiger partial charge in [0.1, 0.15) is 5.15 Å². The molecule has 0 N–H and O–H groups in total. The summed E-state index contributed by atoms with van der Waals surface area (Å²) in [6, 6.07) is 5.97. The van der Waals surface area contributed by atoms with Gasteiger partial charge in [-0.1, -0.05) is 29.3 Å². The van der Waals surface area contributed by atoms with Crippen LogP contribution in [0, 0.1) is 6.92 Å². The van der Waals surface area contributed by atoms with Crippen molar-refractivity contribution in [2.75, 3.05) is 0 Å². The van der Waals surface area contributed by atoms with E-state index in [0.717, 1.165) is 20.7 Å². The molecule has 0 atom stereocenters. The SMILES string of the molecule is Cc1c(Cl)ccc2c1sc1c(Cl)nccc12. The largest absolute Gasteiger partial charge is 0.243 e. The molecule has 80 valence electrons. The summed E-state index contributed by atoms with van der Waals surface area (Å²) < 4.78 is 2.22. The maximum Gasteiger partial charge on any atom is 0.146 e. The van der Waals surface area contributed by atoms with E-state index in [1.54, 1.807) is 17.5 Å². The summed E-state index contributed by atoms with van der Waals surface area (Å²) in [6.45, 7) is 2.03. The van der Waals surface area contributed by atoms with Crippen LogP contribution in [-0.2, 0) is 0 Å². The molecule has 1 aromatic carbocycles. The highest BCUT2D eigenvalue weighted by atomic mass is 35.5. The van der Waals surface area contributed by atoms with Gasteiger partial charge in [-0.2, -0.15) is 0 Å². The Kier molecular flexibility index (Phi) is 2.32. The number of thiophene rings is 1. The van der Waals surface area contributed by atoms with E-state index < -0.39 is 0 Å². The van der Waals surface area contributed by atoms with E-state index in [1.165, 1.54) is 10.1 Å². The van der Waals surface area contributed by atoms with Gasteiger partial charge in [0.15, 0.2) is 0 Å². The first-order valence-corrected chi connectivity index (χ1v) is 6.37. The zero-order valence-electron chi connectivity index (χ0n) is 8.42. The van der Waals surface area contributed by atoms with Crippen molar-refractivity contribution in [2.45, 2.75) is 6.92 Å². The minimum atomic E-state index is 0.564. The Morgan fingerprint density at radius 3 is 2.62 bits per heavy atom. The Labute approximate surface area is 107 Å². The van der Waals surface area contributed by atoms with Crippen molar-refractivity contribution < 1.29 is 0 Å². The molecule has 0 aliphatic rings. The molecule has 1 nitrogen and oxygen atoms in total. The molecule has 0 aliphatic heterocycles. The van der Waals surface area contributed by atoms with E-state index in [9.17, 15) is 0 Å². The monoisotopic (exact) mass is 267 g/mol. The fraction of sp³-hybridized carbons (Fsp3) is 0.0833. The van der Waals surface area contributed by atoms with Gasteiger partial charge in [0.05, 0.1) is 4.70 Å². The van der Waals surface area contributed by atoms with Gasteiger partial charge in [0.25, 0.3) is 0 Å². The second kappa shape index (κ2) is 3.59. The zero-order chi connectivity index (χ0) is 11.3. The van der Waals surface area contributed by atoms with Crippen LogP contribution in [-0.4, -0.2) is 4.98 Å². The van der Waals surface area contributed by atoms with Crippen LogP contribution in [0.1, 0.15) is 5.56 Å². The van der Waals surface area contributed by atoms with Gasteiger partial charge in [-0.05, 0) is 24.6 Å². The Hall–Kier alpha value is -0.830. The Balaban J connectivity index is 2.60. The van der Waals surface area contributed by atoms with Crippen molar-refractivity contribution in [1.82, 2.24) is 4.98 Å². The number of hydrogen-bond acceptors (Lipinski definition) is 2. The lowest BCUT2D eigenvalue weighted by molar-refractivity contribution is 1.37. The lowest BCUT2D eigenvalue weighted by Gasteiger charge is -1.98. The summed E-state index contributed by atoms with van der Waals surface area (Å²) in [5.74, 6) is 0. The highest BCUT2D eigenvalue weighted by Crippen LogP contribution is 2.40. The normalized spacial score (nSPS) is 11.4. The third-order valence-electron chi connectivity index (χ3n) is 2.70. The molecule has 0 aliphatic carbocycles. The Morgan fingerprint density at radius 2 is 1.81 bits per heavy atom. The molecule has 3 aromatic rings. The van der Waals surface area contributed by atoms with Crippen molar-refractivity contribution >= 4 is 54.7 Å². The molecule has 0 saturated heterocycles. The number of benzene rings is 1. The topological polar surface area (TPSA) is 12.9 Å². The van der Waals surface area contributed by atoms with Crippen molar-refractivity contribution in [3.05, 3.63) is 40.1 Å². The number of aromatic nitrogens is 1. The summed E-state index contributed by atoms with van der Waals surface area (Å²) in [5, 5.41) is 3.71. The van der Waals surface area contributed by atoms with Gasteiger partial charge in [0, 0.05) is 26.7 Å². The van der Waals surface area contributed by atoms with Gasteiger partial charge in [-0.3, -0.25) is 0 Å². The molecule has 0 bridgehead atoms. The van der Waals surface area contributed by atoms with Crippen LogP contribution in [0.4, 0.5) is 0 Å². The van der Waals surface area contributed by atoms with Crippen LogP contribution < -0.4 is 0 Å². The summed E-state index contributed by atoms with van der Waals surface area (Å²) >= 11 is 13.9. The molecule has 3 rings (SSSR count). The summed E-state index contributed by atoms with van der Waals surface area (Å²) in [7, 11) is 0. The van der Waals surface area contributed by atoms with Gasteiger partial charge < -0.3 is 0 Å². The molecular formula is C12H7Cl2NS. The van der Waals surface area contributed by atoms with Gasteiger partial charge in [-0.15, -0.1) is 11.3 Å². The van der Waals surface area contributed by atoms with E-state index >= 15 is 0 Å². The molecule has 0 radical (unpaired) electrons. The van der Waals surface area contributed by atoms with Crippen LogP contribution in [0.2, 0.25) is 10.2 Å². The standard InChI is InChI=1S/C12H7Cl2NS/c1-6-9(13)3-2-7-8-4-5-15-12(14)11(8)16-10(6)7/h2-5H,1H3. The van der Waals surface area contributed by atoms with Crippen molar-refractivity contribution in [2.24, 2.45) is 0 Å². The van der Waals surface area contributed by atoms with Gasteiger partial charge in [-0.25, -0.2) is 4.98 Å². The van der Waals surface area contributed by atoms with Gasteiger partial charge >= 0.3 is 0 Å². The average Bonchev–Trinajstić information content (AvgIpc) is 2.65. The predicted molar refractivity (Wildman–Crippen MR) is 71.9 cm³/mol. The van der Waals surface area contributed by atoms with Crippen LogP contribution in [0.3, 0.4) is 0 Å². The molecular weight excluding hydrogens is 261 g/mol. The van der Waals surface area contributed by atoms with Crippen LogP contribution in [0.5, 0.6) is 0 Å². The number of hydrogen-bond donors (Lipinski definition) is 0. The van der Waals surface area contributed by atoms with E-state index in [2.05, 4.69) is 4.98 Å². The third-order valence-corrected chi connectivity index (χ3v) is 4.85. The molecule has 0 unspecified atom stereocenters. The maximum atomic E-state index is 6.11. The van der Waals surface area contributed by atoms with Crippen molar-refractivity contribution in [3.8, 4) is 0 Å². The molecule has 4 heteroatoms. The lowest BCUT2D eigenvalue weighted by atomic mass is 10.1. The summed E-state index contributed by atoms with van der Waals surface area (Å²) in [5.41, 5.74) is 1.11. The summed E-state index contributed by atoms with van der Waals surface area (Å²) in [6.07, 6.45) is 1.74. The molecule has 0 fully saturated rings. The average molecular weight is 268 g/mol. The van der Waals surface area contributed by atoms with Crippen molar-refractivity contribution in [3.63, 3.8) is 0 Å². The van der Waals surface area contributed by atoms with Crippen LogP contribution in [0.25, 0.3) is 20.2 Å². The molecule has 2 aromatic heterocycles. The van der Waals surface area contributed by atoms with E-state index in [4.69, 9.17) is 23.2 Å². The fourth-order valence-electron chi connectivity index (χ4n) is 1.85. The molecule has 0 amide bonds. The van der Waals surface area contributed by atoms with Gasteiger partial charge in [0.2, 0.25) is 0 Å². The number of pyridine rings is 1. The van der Waals surface area contributed by atoms with Crippen molar-refractivity contribution in [1.29, 1.82) is 0 Å². The second-order valence-corrected chi connectivity index (χ2v) is 5.42. The summed E-state index contributed by atoms with van der Waals surface area (Å²) in [4.78, 5) is 4.10. The first-order chi connectivity index (χ1) is 7.68. The zero-order valence-corrected chi connectivity index (χ0v) is 10.7. The number of halogens is 2. The first-order valence-electron chi connectivity index (χ1n) is 4.80. The quantitative estimate of drug-likeness (QED) is 0.519. The first kappa shape index (κ1) is 10.3. The van der Waals surface area contributed by atoms with E-state index in [1.807, 2.05) is 25.1 Å². The highest BCUT2D eigenvalue weighted by Gasteiger charge is 2.11. The molecule has 0 saturated carbocycles. The predicted octanol–water partition coefficient (Wildman–Crippen LogP) is 5.06. The maximum absolute atomic E-state index is 6.11. The Bertz CT molecular complexity index is 703. The minimum absolute atomic E-state index is 0.564. The van der Waals surface area contributed by atoms with Crippen LogP contribution >= 0.6 is 34.5 Å². The fourth-order valence-corrected chi connectivity index (χ4v) is 3.51. The molecule has 0 spiro atoms. The number of rotatable bonds is 0. The number of aryl methyl sites for hydroxylation is 1. The van der Waals surface area contributed by atoms with E-state index in [0.29, 0.717) is 5.15 Å². The number of nitrogens with zero attached hydrogens (tertiary/aromatic N) is 1. The Morgan fingerprint density at radius 1 is 1.06 bits per heavy atom.